The van der Waals surface area contributed by atoms with E-state index in [1.807, 2.05) is 35.2 Å². The van der Waals surface area contributed by atoms with Gasteiger partial charge in [-0.05, 0) is 47.0 Å². The summed E-state index contributed by atoms with van der Waals surface area (Å²) < 4.78 is 1.52. The van der Waals surface area contributed by atoms with Gasteiger partial charge in [-0.1, -0.05) is 36.4 Å². The van der Waals surface area contributed by atoms with Crippen molar-refractivity contribution in [1.29, 1.82) is 0 Å². The Morgan fingerprint density at radius 2 is 1.67 bits per heavy atom. The van der Waals surface area contributed by atoms with Crippen LogP contribution in [0.5, 0.6) is 0 Å². The lowest BCUT2D eigenvalue weighted by atomic mass is 10.1. The van der Waals surface area contributed by atoms with Crippen LogP contribution in [0.3, 0.4) is 0 Å². The lowest BCUT2D eigenvalue weighted by Gasteiger charge is -2.35. The molecular formula is C22H24N6O2. The lowest BCUT2D eigenvalue weighted by molar-refractivity contribution is -0.132. The number of rotatable bonds is 6. The Balaban J connectivity index is 1.27. The van der Waals surface area contributed by atoms with Gasteiger partial charge >= 0.3 is 0 Å². The number of carbonyl (C=O) groups is 2. The van der Waals surface area contributed by atoms with Gasteiger partial charge in [-0.2, -0.15) is 0 Å². The van der Waals surface area contributed by atoms with Gasteiger partial charge in [0.15, 0.2) is 0 Å². The first kappa shape index (κ1) is 19.8. The van der Waals surface area contributed by atoms with Gasteiger partial charge in [-0.25, -0.2) is 4.68 Å². The molecule has 0 saturated carbocycles. The smallest absolute Gasteiger partial charge is 0.254 e. The third-order valence-corrected chi connectivity index (χ3v) is 5.33. The van der Waals surface area contributed by atoms with E-state index < -0.39 is 0 Å². The molecule has 1 aliphatic heterocycles. The normalized spacial score (nSPS) is 14.0. The summed E-state index contributed by atoms with van der Waals surface area (Å²) >= 11 is 0. The summed E-state index contributed by atoms with van der Waals surface area (Å²) in [6.07, 6.45) is 3.77. The lowest BCUT2D eigenvalue weighted by Crippen LogP contribution is -2.50. The second kappa shape index (κ2) is 9.30. The van der Waals surface area contributed by atoms with E-state index in [2.05, 4.69) is 27.7 Å². The van der Waals surface area contributed by atoms with E-state index in [9.17, 15) is 9.59 Å². The van der Waals surface area contributed by atoms with Gasteiger partial charge < -0.3 is 9.80 Å². The van der Waals surface area contributed by atoms with Gasteiger partial charge in [-0.15, -0.1) is 5.10 Å². The zero-order chi connectivity index (χ0) is 20.8. The van der Waals surface area contributed by atoms with Crippen LogP contribution in [0.25, 0.3) is 5.69 Å². The number of hydrogen-bond donors (Lipinski definition) is 0. The zero-order valence-corrected chi connectivity index (χ0v) is 16.7. The van der Waals surface area contributed by atoms with E-state index in [-0.39, 0.29) is 11.8 Å². The molecule has 2 heterocycles. The van der Waals surface area contributed by atoms with Crippen molar-refractivity contribution in [3.05, 3.63) is 72.1 Å². The Morgan fingerprint density at radius 3 is 2.40 bits per heavy atom. The van der Waals surface area contributed by atoms with Crippen LogP contribution in [-0.2, 0) is 11.2 Å². The summed E-state index contributed by atoms with van der Waals surface area (Å²) in [5.41, 5.74) is 2.58. The molecule has 1 aliphatic rings. The molecule has 8 nitrogen and oxygen atoms in total. The molecule has 0 radical (unpaired) electrons. The molecule has 1 saturated heterocycles. The first-order valence-corrected chi connectivity index (χ1v) is 10.1. The summed E-state index contributed by atoms with van der Waals surface area (Å²) in [5, 5.41) is 11.1. The molecule has 3 aromatic rings. The van der Waals surface area contributed by atoms with Gasteiger partial charge in [0.2, 0.25) is 5.91 Å². The fourth-order valence-electron chi connectivity index (χ4n) is 3.65. The number of amides is 2. The Hall–Kier alpha value is -3.55. The van der Waals surface area contributed by atoms with Crippen LogP contribution in [0.4, 0.5) is 0 Å². The molecule has 0 atom stereocenters. The standard InChI is InChI=1S/C22H24N6O2/c29-21(11-4-8-18-6-2-1-3-7-18)26-12-14-27(15-13-26)22(30)19-9-5-10-20(16-19)28-17-23-24-25-28/h1-3,5-7,9-10,16-17H,4,8,11-15H2. The van der Waals surface area contributed by atoms with Crippen molar-refractivity contribution in [2.45, 2.75) is 19.3 Å². The van der Waals surface area contributed by atoms with Crippen molar-refractivity contribution >= 4 is 11.8 Å². The number of aryl methyl sites for hydroxylation is 1. The van der Waals surface area contributed by atoms with Crippen LogP contribution in [0.15, 0.2) is 60.9 Å². The number of piperazine rings is 1. The maximum absolute atomic E-state index is 12.9. The first-order valence-electron chi connectivity index (χ1n) is 10.1. The largest absolute Gasteiger partial charge is 0.339 e. The summed E-state index contributed by atoms with van der Waals surface area (Å²) in [6.45, 7) is 2.22. The monoisotopic (exact) mass is 404 g/mol. The zero-order valence-electron chi connectivity index (χ0n) is 16.7. The molecule has 0 aliphatic carbocycles. The van der Waals surface area contributed by atoms with Crippen molar-refractivity contribution in [1.82, 2.24) is 30.0 Å². The average Bonchev–Trinajstić information content (AvgIpc) is 3.35. The molecule has 4 rings (SSSR count). The Labute approximate surface area is 175 Å². The van der Waals surface area contributed by atoms with E-state index in [1.54, 1.807) is 17.0 Å². The molecule has 0 spiro atoms. The fourth-order valence-corrected chi connectivity index (χ4v) is 3.65. The molecular weight excluding hydrogens is 380 g/mol. The Kier molecular flexibility index (Phi) is 6.12. The highest BCUT2D eigenvalue weighted by molar-refractivity contribution is 5.95. The molecule has 30 heavy (non-hydrogen) atoms. The van der Waals surface area contributed by atoms with Crippen LogP contribution >= 0.6 is 0 Å². The molecule has 8 heteroatoms. The molecule has 154 valence electrons. The quantitative estimate of drug-likeness (QED) is 0.627. The van der Waals surface area contributed by atoms with E-state index in [0.29, 0.717) is 38.2 Å². The summed E-state index contributed by atoms with van der Waals surface area (Å²) in [7, 11) is 0. The maximum atomic E-state index is 12.9. The third-order valence-electron chi connectivity index (χ3n) is 5.33. The predicted octanol–water partition coefficient (Wildman–Crippen LogP) is 1.97. The van der Waals surface area contributed by atoms with Crippen molar-refractivity contribution in [3.63, 3.8) is 0 Å². The molecule has 2 amide bonds. The van der Waals surface area contributed by atoms with Crippen molar-refractivity contribution in [3.8, 4) is 5.69 Å². The van der Waals surface area contributed by atoms with E-state index in [0.717, 1.165) is 18.5 Å². The maximum Gasteiger partial charge on any atom is 0.254 e. The average molecular weight is 404 g/mol. The second-order valence-electron chi connectivity index (χ2n) is 7.32. The number of aromatic nitrogens is 4. The Bertz CT molecular complexity index is 982. The van der Waals surface area contributed by atoms with Gasteiger partial charge in [0, 0.05) is 38.2 Å². The predicted molar refractivity (Wildman–Crippen MR) is 111 cm³/mol. The van der Waals surface area contributed by atoms with Gasteiger partial charge in [0.05, 0.1) is 5.69 Å². The third kappa shape index (κ3) is 4.71. The SMILES string of the molecule is O=C(CCCc1ccccc1)N1CCN(C(=O)c2cccc(-n3cnnn3)c2)CC1. The van der Waals surface area contributed by atoms with Crippen molar-refractivity contribution < 1.29 is 9.59 Å². The topological polar surface area (TPSA) is 84.2 Å². The summed E-state index contributed by atoms with van der Waals surface area (Å²) in [4.78, 5) is 29.1. The van der Waals surface area contributed by atoms with Crippen LogP contribution in [0, 0.1) is 0 Å². The Morgan fingerprint density at radius 1 is 0.900 bits per heavy atom. The molecule has 1 aromatic heterocycles. The van der Waals surface area contributed by atoms with Gasteiger partial charge in [0.1, 0.15) is 6.33 Å². The van der Waals surface area contributed by atoms with Crippen LogP contribution in [-0.4, -0.2) is 68.0 Å². The van der Waals surface area contributed by atoms with Crippen LogP contribution < -0.4 is 0 Å². The van der Waals surface area contributed by atoms with E-state index >= 15 is 0 Å². The highest BCUT2D eigenvalue weighted by Gasteiger charge is 2.24. The van der Waals surface area contributed by atoms with Crippen LogP contribution in [0.1, 0.15) is 28.8 Å². The van der Waals surface area contributed by atoms with E-state index in [1.165, 1.54) is 16.6 Å². The first-order chi connectivity index (χ1) is 14.7. The highest BCUT2D eigenvalue weighted by atomic mass is 16.2. The van der Waals surface area contributed by atoms with Gasteiger partial charge in [-0.3, -0.25) is 9.59 Å². The van der Waals surface area contributed by atoms with Crippen molar-refractivity contribution in [2.24, 2.45) is 0 Å². The molecule has 0 unspecified atom stereocenters. The minimum absolute atomic E-state index is 0.0406. The minimum Gasteiger partial charge on any atom is -0.339 e. The highest BCUT2D eigenvalue weighted by Crippen LogP contribution is 2.14. The second-order valence-corrected chi connectivity index (χ2v) is 7.32. The summed E-state index contributed by atoms with van der Waals surface area (Å²) in [6, 6.07) is 17.4. The van der Waals surface area contributed by atoms with Gasteiger partial charge in [0.25, 0.3) is 5.91 Å². The molecule has 0 bridgehead atoms. The minimum atomic E-state index is -0.0406. The van der Waals surface area contributed by atoms with E-state index in [4.69, 9.17) is 0 Å². The summed E-state index contributed by atoms with van der Waals surface area (Å²) in [5.74, 6) is 0.125. The van der Waals surface area contributed by atoms with Crippen molar-refractivity contribution in [2.75, 3.05) is 26.2 Å². The molecule has 1 fully saturated rings. The number of tetrazole rings is 1. The molecule has 0 N–H and O–H groups in total. The number of benzene rings is 2. The van der Waals surface area contributed by atoms with Crippen LogP contribution in [0.2, 0.25) is 0 Å². The number of carbonyl (C=O) groups excluding carboxylic acids is 2. The number of nitrogens with zero attached hydrogens (tertiary/aromatic N) is 6. The number of hydrogen-bond acceptors (Lipinski definition) is 5. The fraction of sp³-hybridized carbons (Fsp3) is 0.318. The molecule has 2 aromatic carbocycles.